The van der Waals surface area contributed by atoms with Crippen molar-refractivity contribution in [3.8, 4) is 0 Å². The molecule has 0 saturated carbocycles. The van der Waals surface area contributed by atoms with E-state index >= 15 is 0 Å². The summed E-state index contributed by atoms with van der Waals surface area (Å²) in [4.78, 5) is 12.7. The second-order valence-corrected chi connectivity index (χ2v) is 3.59. The number of hydrogen-bond donors (Lipinski definition) is 1. The van der Waals surface area contributed by atoms with Crippen LogP contribution in [0, 0.1) is 0 Å². The summed E-state index contributed by atoms with van der Waals surface area (Å²) in [6, 6.07) is -0.583. The Morgan fingerprint density at radius 3 is 2.00 bits per heavy atom. The normalized spacial score (nSPS) is 24.0. The molecule has 0 aromatic rings. The maximum absolute atomic E-state index is 10.7. The molecule has 7 heteroatoms. The quantitative estimate of drug-likeness (QED) is 0.486. The smallest absolute Gasteiger partial charge is 0.247 e. The maximum Gasteiger partial charge on any atom is 0.349 e. The standard InChI is InChI=1S/C3H7N3O3S/c1-5-3(7)6(2)10(8,9)4-5/h4H,1-2H3. The molecule has 0 aromatic carbocycles. The van der Waals surface area contributed by atoms with Gasteiger partial charge in [-0.05, 0) is 0 Å². The molecule has 0 aliphatic carbocycles. The zero-order valence-electron chi connectivity index (χ0n) is 5.53. The molecule has 58 valence electrons. The van der Waals surface area contributed by atoms with Crippen LogP contribution in [0.15, 0.2) is 0 Å². The molecule has 0 bridgehead atoms. The molecule has 6 nitrogen and oxygen atoms in total. The number of nitrogens with zero attached hydrogens (tertiary/aromatic N) is 2. The van der Waals surface area contributed by atoms with Crippen molar-refractivity contribution in [1.29, 1.82) is 0 Å². The molecule has 1 saturated heterocycles. The Morgan fingerprint density at radius 2 is 1.90 bits per heavy atom. The second kappa shape index (κ2) is 1.83. The number of hydrogen-bond acceptors (Lipinski definition) is 3. The van der Waals surface area contributed by atoms with Crippen LogP contribution in [0.25, 0.3) is 0 Å². The topological polar surface area (TPSA) is 69.7 Å². The molecule has 0 unspecified atom stereocenters. The number of amides is 2. The summed E-state index contributed by atoms with van der Waals surface area (Å²) in [5.41, 5.74) is 0. The van der Waals surface area contributed by atoms with Crippen LogP contribution in [-0.4, -0.2) is 37.9 Å². The maximum atomic E-state index is 10.7. The van der Waals surface area contributed by atoms with E-state index < -0.39 is 16.2 Å². The first-order valence-electron chi connectivity index (χ1n) is 2.49. The van der Waals surface area contributed by atoms with Gasteiger partial charge in [-0.25, -0.2) is 14.1 Å². The summed E-state index contributed by atoms with van der Waals surface area (Å²) in [5.74, 6) is 0. The van der Waals surface area contributed by atoms with Crippen molar-refractivity contribution in [1.82, 2.24) is 14.1 Å². The lowest BCUT2D eigenvalue weighted by molar-refractivity contribution is 0.201. The molecular weight excluding hydrogens is 158 g/mol. The predicted octanol–water partition coefficient (Wildman–Crippen LogP) is -1.27. The lowest BCUT2D eigenvalue weighted by Crippen LogP contribution is -2.30. The van der Waals surface area contributed by atoms with Gasteiger partial charge in [-0.2, -0.15) is 8.42 Å². The minimum atomic E-state index is -3.56. The fourth-order valence-electron chi connectivity index (χ4n) is 0.587. The van der Waals surface area contributed by atoms with Crippen LogP contribution in [-0.2, 0) is 10.2 Å². The third-order valence-electron chi connectivity index (χ3n) is 1.17. The average Bonchev–Trinajstić information content (AvgIpc) is 1.95. The van der Waals surface area contributed by atoms with Gasteiger partial charge in [0.15, 0.2) is 0 Å². The third-order valence-corrected chi connectivity index (χ3v) is 2.55. The molecule has 1 N–H and O–H groups in total. The van der Waals surface area contributed by atoms with Crippen molar-refractivity contribution in [2.45, 2.75) is 0 Å². The highest BCUT2D eigenvalue weighted by Gasteiger charge is 2.35. The molecule has 1 fully saturated rings. The molecule has 0 aromatic heterocycles. The van der Waals surface area contributed by atoms with Gasteiger partial charge in [0, 0.05) is 14.1 Å². The number of carbonyl (C=O) groups excluding carboxylic acids is 1. The van der Waals surface area contributed by atoms with Gasteiger partial charge < -0.3 is 0 Å². The van der Waals surface area contributed by atoms with E-state index in [-0.39, 0.29) is 0 Å². The van der Waals surface area contributed by atoms with E-state index in [4.69, 9.17) is 0 Å². The summed E-state index contributed by atoms with van der Waals surface area (Å²) in [6.07, 6.45) is 0. The summed E-state index contributed by atoms with van der Waals surface area (Å²) < 4.78 is 22.1. The van der Waals surface area contributed by atoms with Gasteiger partial charge in [0.25, 0.3) is 0 Å². The van der Waals surface area contributed by atoms with Crippen LogP contribution < -0.4 is 4.83 Å². The molecule has 1 aliphatic heterocycles. The molecule has 0 spiro atoms. The fraction of sp³-hybridized carbons (Fsp3) is 0.667. The van der Waals surface area contributed by atoms with Gasteiger partial charge in [0.2, 0.25) is 0 Å². The van der Waals surface area contributed by atoms with E-state index in [2.05, 4.69) is 0 Å². The Bertz CT molecular complexity index is 258. The van der Waals surface area contributed by atoms with Gasteiger partial charge >= 0.3 is 16.2 Å². The van der Waals surface area contributed by atoms with Crippen molar-refractivity contribution in [2.24, 2.45) is 0 Å². The third kappa shape index (κ3) is 0.830. The molecule has 10 heavy (non-hydrogen) atoms. The highest BCUT2D eigenvalue weighted by molar-refractivity contribution is 7.88. The van der Waals surface area contributed by atoms with Crippen LogP contribution >= 0.6 is 0 Å². The summed E-state index contributed by atoms with van der Waals surface area (Å²) in [7, 11) is -1.04. The van der Waals surface area contributed by atoms with Gasteiger partial charge in [-0.1, -0.05) is 0 Å². The van der Waals surface area contributed by atoms with E-state index in [0.717, 1.165) is 5.01 Å². The second-order valence-electron chi connectivity index (χ2n) is 1.91. The molecule has 0 radical (unpaired) electrons. The van der Waals surface area contributed by atoms with Crippen LogP contribution in [0.1, 0.15) is 0 Å². The SMILES string of the molecule is CN1NS(=O)(=O)N(C)C1=O. The van der Waals surface area contributed by atoms with E-state index in [9.17, 15) is 13.2 Å². The highest BCUT2D eigenvalue weighted by Crippen LogP contribution is 2.05. The monoisotopic (exact) mass is 165 g/mol. The minimum Gasteiger partial charge on any atom is -0.247 e. The first-order chi connectivity index (χ1) is 4.45. The van der Waals surface area contributed by atoms with Gasteiger partial charge in [0.05, 0.1) is 0 Å². The Morgan fingerprint density at radius 1 is 1.40 bits per heavy atom. The van der Waals surface area contributed by atoms with Crippen LogP contribution in [0.5, 0.6) is 0 Å². The molecule has 0 atom stereocenters. The van der Waals surface area contributed by atoms with Crippen LogP contribution in [0.2, 0.25) is 0 Å². The zero-order chi connectivity index (χ0) is 7.94. The van der Waals surface area contributed by atoms with E-state index in [0.29, 0.717) is 4.31 Å². The molecule has 1 rings (SSSR count). The number of urea groups is 1. The Kier molecular flexibility index (Phi) is 1.33. The predicted molar refractivity (Wildman–Crippen MR) is 33.0 cm³/mol. The van der Waals surface area contributed by atoms with Gasteiger partial charge in [0.1, 0.15) is 0 Å². The number of hydrazine groups is 1. The number of carbonyl (C=O) groups is 1. The molecule has 2 amide bonds. The van der Waals surface area contributed by atoms with Crippen molar-refractivity contribution in [3.05, 3.63) is 0 Å². The first-order valence-corrected chi connectivity index (χ1v) is 3.93. The summed E-state index contributed by atoms with van der Waals surface area (Å²) in [6.45, 7) is 0. The first kappa shape index (κ1) is 7.29. The van der Waals surface area contributed by atoms with E-state index in [1.807, 2.05) is 4.83 Å². The molecule has 1 aliphatic rings. The number of rotatable bonds is 0. The Hall–Kier alpha value is -0.820. The van der Waals surface area contributed by atoms with Crippen molar-refractivity contribution >= 4 is 16.2 Å². The summed E-state index contributed by atoms with van der Waals surface area (Å²) >= 11 is 0. The van der Waals surface area contributed by atoms with Crippen LogP contribution in [0.4, 0.5) is 4.79 Å². The zero-order valence-corrected chi connectivity index (χ0v) is 6.34. The molecular formula is C3H7N3O3S. The van der Waals surface area contributed by atoms with Gasteiger partial charge in [-0.3, -0.25) is 0 Å². The average molecular weight is 165 g/mol. The summed E-state index contributed by atoms with van der Waals surface area (Å²) in [5, 5.41) is 0.898. The van der Waals surface area contributed by atoms with E-state index in [1.165, 1.54) is 14.1 Å². The highest BCUT2D eigenvalue weighted by atomic mass is 32.2. The van der Waals surface area contributed by atoms with Crippen molar-refractivity contribution in [3.63, 3.8) is 0 Å². The van der Waals surface area contributed by atoms with E-state index in [1.54, 1.807) is 0 Å². The largest absolute Gasteiger partial charge is 0.349 e. The minimum absolute atomic E-state index is 0.583. The number of nitrogens with one attached hydrogen (secondary N) is 1. The Labute approximate surface area is 58.6 Å². The lowest BCUT2D eigenvalue weighted by atomic mass is 10.9. The van der Waals surface area contributed by atoms with Crippen molar-refractivity contribution in [2.75, 3.05) is 14.1 Å². The fourth-order valence-corrected chi connectivity index (χ4v) is 1.46. The van der Waals surface area contributed by atoms with Crippen LogP contribution in [0.3, 0.4) is 0 Å². The van der Waals surface area contributed by atoms with Gasteiger partial charge in [-0.15, -0.1) is 4.83 Å². The van der Waals surface area contributed by atoms with Crippen molar-refractivity contribution < 1.29 is 13.2 Å². The molecule has 1 heterocycles. The lowest BCUT2D eigenvalue weighted by Gasteiger charge is -2.02. The Balaban J connectivity index is 3.04.